The Morgan fingerprint density at radius 1 is 1.17 bits per heavy atom. The summed E-state index contributed by atoms with van der Waals surface area (Å²) in [5, 5.41) is 0.664. The molecule has 4 rings (SSSR count). The lowest BCUT2D eigenvalue weighted by Gasteiger charge is -2.34. The fraction of sp³-hybridized carbons (Fsp3) is 0.333. The summed E-state index contributed by atoms with van der Waals surface area (Å²) >= 11 is 2.92. The lowest BCUT2D eigenvalue weighted by atomic mass is 10.3. The average molecular weight is 450 g/mol. The number of hydrogen-bond donors (Lipinski definition) is 0. The van der Waals surface area contributed by atoms with Crippen molar-refractivity contribution in [2.75, 3.05) is 43.9 Å². The van der Waals surface area contributed by atoms with Crippen molar-refractivity contribution in [1.82, 2.24) is 9.88 Å². The van der Waals surface area contributed by atoms with Crippen LogP contribution in [-0.4, -0.2) is 54.8 Å². The Morgan fingerprint density at radius 3 is 2.60 bits per heavy atom. The van der Waals surface area contributed by atoms with E-state index in [2.05, 4.69) is 4.98 Å². The first-order valence-electron chi connectivity index (χ1n) is 9.58. The zero-order valence-corrected chi connectivity index (χ0v) is 18.1. The van der Waals surface area contributed by atoms with Gasteiger partial charge in [-0.05, 0) is 30.3 Å². The lowest BCUT2D eigenvalue weighted by molar-refractivity contribution is -0.131. The third-order valence-corrected chi connectivity index (χ3v) is 7.03. The summed E-state index contributed by atoms with van der Waals surface area (Å²) in [5.74, 6) is 0.421. The number of piperazine rings is 1. The molecular weight excluding hydrogens is 428 g/mol. The van der Waals surface area contributed by atoms with Crippen molar-refractivity contribution in [3.05, 3.63) is 48.0 Å². The molecule has 1 aromatic heterocycles. The minimum atomic E-state index is -0.643. The Morgan fingerprint density at radius 2 is 1.90 bits per heavy atom. The van der Waals surface area contributed by atoms with Crippen molar-refractivity contribution >= 4 is 44.4 Å². The molecule has 0 N–H and O–H groups in total. The summed E-state index contributed by atoms with van der Waals surface area (Å²) in [6.45, 7) is 2.44. The molecule has 3 aromatic rings. The number of amides is 1. The van der Waals surface area contributed by atoms with Gasteiger partial charge in [0, 0.05) is 49.3 Å². The molecule has 1 saturated heterocycles. The highest BCUT2D eigenvalue weighted by Gasteiger charge is 2.23. The molecule has 1 amide bonds. The Balaban J connectivity index is 1.27. The van der Waals surface area contributed by atoms with Crippen molar-refractivity contribution in [1.29, 1.82) is 0 Å². The van der Waals surface area contributed by atoms with Crippen LogP contribution in [0.25, 0.3) is 10.2 Å². The largest absolute Gasteiger partial charge is 0.497 e. The fourth-order valence-corrected chi connectivity index (χ4v) is 5.21. The molecule has 1 aliphatic rings. The van der Waals surface area contributed by atoms with Crippen molar-refractivity contribution in [3.63, 3.8) is 0 Å². The molecule has 5 nitrogen and oxygen atoms in total. The second-order valence-corrected chi connectivity index (χ2v) is 9.05. The Bertz CT molecular complexity index is 1030. The zero-order chi connectivity index (χ0) is 21.1. The Hall–Kier alpha value is -2.39. The highest BCUT2D eigenvalue weighted by Crippen LogP contribution is 2.31. The van der Waals surface area contributed by atoms with Crippen LogP contribution in [0, 0.1) is 11.6 Å². The van der Waals surface area contributed by atoms with Crippen LogP contribution in [0.3, 0.4) is 0 Å². The third-order valence-electron chi connectivity index (χ3n) is 4.95. The Kier molecular flexibility index (Phi) is 6.38. The molecule has 30 heavy (non-hydrogen) atoms. The van der Waals surface area contributed by atoms with Crippen molar-refractivity contribution in [3.8, 4) is 5.75 Å². The van der Waals surface area contributed by atoms with E-state index in [1.807, 2.05) is 34.1 Å². The molecule has 9 heteroatoms. The van der Waals surface area contributed by atoms with Gasteiger partial charge in [-0.25, -0.2) is 13.8 Å². The van der Waals surface area contributed by atoms with Gasteiger partial charge in [-0.2, -0.15) is 0 Å². The first kappa shape index (κ1) is 20.9. The number of rotatable bonds is 6. The predicted molar refractivity (Wildman–Crippen MR) is 117 cm³/mol. The summed E-state index contributed by atoms with van der Waals surface area (Å²) in [6.07, 6.45) is 0.475. The van der Waals surface area contributed by atoms with Crippen LogP contribution >= 0.6 is 23.1 Å². The number of fused-ring (bicyclic) bond motifs is 1. The average Bonchev–Trinajstić information content (AvgIpc) is 3.19. The number of anilines is 1. The van der Waals surface area contributed by atoms with Crippen LogP contribution in [0.5, 0.6) is 5.75 Å². The number of aromatic nitrogens is 1. The number of halogens is 2. The maximum Gasteiger partial charge on any atom is 0.223 e. The van der Waals surface area contributed by atoms with E-state index in [9.17, 15) is 13.6 Å². The number of methoxy groups -OCH3 is 1. The smallest absolute Gasteiger partial charge is 0.223 e. The van der Waals surface area contributed by atoms with E-state index in [0.717, 1.165) is 16.7 Å². The first-order valence-corrected chi connectivity index (χ1v) is 11.4. The molecule has 0 bridgehead atoms. The second-order valence-electron chi connectivity index (χ2n) is 6.87. The monoisotopic (exact) mass is 449 g/mol. The van der Waals surface area contributed by atoms with Crippen molar-refractivity contribution in [2.45, 2.75) is 11.3 Å². The normalized spacial score (nSPS) is 14.4. The number of hydrogen-bond acceptors (Lipinski definition) is 6. The summed E-state index contributed by atoms with van der Waals surface area (Å²) in [5.41, 5.74) is 0.200. The van der Waals surface area contributed by atoms with Gasteiger partial charge in [0.15, 0.2) is 10.9 Å². The summed E-state index contributed by atoms with van der Waals surface area (Å²) in [4.78, 5) is 21.8. The second kappa shape index (κ2) is 9.18. The quantitative estimate of drug-likeness (QED) is 0.522. The van der Waals surface area contributed by atoms with E-state index in [1.54, 1.807) is 18.9 Å². The molecule has 0 atom stereocenters. The van der Waals surface area contributed by atoms with Crippen molar-refractivity contribution in [2.24, 2.45) is 0 Å². The highest BCUT2D eigenvalue weighted by molar-refractivity contribution is 7.99. The van der Waals surface area contributed by atoms with Crippen LogP contribution in [0.15, 0.2) is 41.3 Å². The summed E-state index contributed by atoms with van der Waals surface area (Å²) < 4.78 is 32.9. The lowest BCUT2D eigenvalue weighted by Crippen LogP contribution is -2.48. The maximum atomic E-state index is 13.9. The molecule has 0 unspecified atom stereocenters. The molecule has 0 spiro atoms. The molecule has 2 aromatic carbocycles. The van der Waals surface area contributed by atoms with Gasteiger partial charge < -0.3 is 14.5 Å². The molecular formula is C21H21F2N3O2S2. The van der Waals surface area contributed by atoms with Gasteiger partial charge in [0.1, 0.15) is 17.1 Å². The molecule has 1 fully saturated rings. The molecule has 0 aliphatic carbocycles. The number of benzene rings is 2. The van der Waals surface area contributed by atoms with Crippen LogP contribution < -0.4 is 9.64 Å². The van der Waals surface area contributed by atoms with E-state index in [0.29, 0.717) is 48.2 Å². The van der Waals surface area contributed by atoms with Gasteiger partial charge in [0.05, 0.1) is 11.8 Å². The van der Waals surface area contributed by atoms with Gasteiger partial charge in [0.2, 0.25) is 5.91 Å². The molecule has 2 heterocycles. The van der Waals surface area contributed by atoms with E-state index >= 15 is 0 Å². The highest BCUT2D eigenvalue weighted by atomic mass is 32.2. The molecule has 1 aliphatic heterocycles. The standard InChI is InChI=1S/C21H21F2N3O2S2/c1-28-15-2-4-16(5-3-15)29-11-6-19(27)25-7-9-26(10-8-25)21-24-20-17(23)12-14(22)13-18(20)30-21/h2-5,12-13H,6-11H2,1H3. The van der Waals surface area contributed by atoms with E-state index < -0.39 is 11.6 Å². The minimum absolute atomic E-state index is 0.132. The van der Waals surface area contributed by atoms with Gasteiger partial charge >= 0.3 is 0 Å². The Labute approximate surface area is 181 Å². The van der Waals surface area contributed by atoms with Crippen LogP contribution in [0.1, 0.15) is 6.42 Å². The van der Waals surface area contributed by atoms with E-state index in [-0.39, 0.29) is 11.4 Å². The first-order chi connectivity index (χ1) is 14.5. The number of thiazole rings is 1. The molecule has 0 radical (unpaired) electrons. The maximum absolute atomic E-state index is 13.9. The van der Waals surface area contributed by atoms with Gasteiger partial charge in [-0.15, -0.1) is 11.8 Å². The summed E-state index contributed by atoms with van der Waals surface area (Å²) in [6, 6.07) is 9.95. The number of carbonyl (C=O) groups excluding carboxylic acids is 1. The third kappa shape index (κ3) is 4.67. The van der Waals surface area contributed by atoms with Crippen LogP contribution in [-0.2, 0) is 4.79 Å². The van der Waals surface area contributed by atoms with Gasteiger partial charge in [-0.1, -0.05) is 11.3 Å². The fourth-order valence-electron chi connectivity index (χ4n) is 3.31. The molecule has 0 saturated carbocycles. The van der Waals surface area contributed by atoms with Crippen molar-refractivity contribution < 1.29 is 18.3 Å². The SMILES string of the molecule is COc1ccc(SCCC(=O)N2CCN(c3nc4c(F)cc(F)cc4s3)CC2)cc1. The number of carbonyl (C=O) groups is 1. The van der Waals surface area contributed by atoms with Gasteiger partial charge in [0.25, 0.3) is 0 Å². The minimum Gasteiger partial charge on any atom is -0.497 e. The van der Waals surface area contributed by atoms with Gasteiger partial charge in [-0.3, -0.25) is 4.79 Å². The topological polar surface area (TPSA) is 45.7 Å². The predicted octanol–water partition coefficient (Wildman–Crippen LogP) is 4.41. The summed E-state index contributed by atoms with van der Waals surface area (Å²) in [7, 11) is 1.63. The van der Waals surface area contributed by atoms with E-state index in [4.69, 9.17) is 4.74 Å². The van der Waals surface area contributed by atoms with E-state index in [1.165, 1.54) is 17.4 Å². The van der Waals surface area contributed by atoms with Crippen LogP contribution in [0.2, 0.25) is 0 Å². The zero-order valence-electron chi connectivity index (χ0n) is 16.4. The number of nitrogens with zero attached hydrogens (tertiary/aromatic N) is 3. The van der Waals surface area contributed by atoms with Crippen LogP contribution in [0.4, 0.5) is 13.9 Å². The number of ether oxygens (including phenoxy) is 1. The number of thioether (sulfide) groups is 1. The molecule has 158 valence electrons.